The summed E-state index contributed by atoms with van der Waals surface area (Å²) in [6.45, 7) is 0. The number of carboxylic acid groups (broad SMARTS) is 1. The summed E-state index contributed by atoms with van der Waals surface area (Å²) >= 11 is 5.81. The first kappa shape index (κ1) is 12.2. The highest BCUT2D eigenvalue weighted by atomic mass is 35.5. The summed E-state index contributed by atoms with van der Waals surface area (Å²) in [6.07, 6.45) is 4.42. The van der Waals surface area contributed by atoms with Gasteiger partial charge in [0.25, 0.3) is 0 Å². The van der Waals surface area contributed by atoms with Crippen LogP contribution in [0.2, 0.25) is 5.02 Å². The summed E-state index contributed by atoms with van der Waals surface area (Å²) in [6, 6.07) is 7.17. The van der Waals surface area contributed by atoms with E-state index < -0.39 is 11.5 Å². The van der Waals surface area contributed by atoms with E-state index in [0.29, 0.717) is 17.9 Å². The van der Waals surface area contributed by atoms with Crippen LogP contribution in [0.1, 0.15) is 32.1 Å². The fraction of sp³-hybridized carbons (Fsp3) is 0.462. The number of anilines is 1. The van der Waals surface area contributed by atoms with Gasteiger partial charge in [0, 0.05) is 10.7 Å². The SMILES string of the molecule is O=C(O)C1(Nc2ccc(Cl)cc2)CCCCC1. The van der Waals surface area contributed by atoms with Gasteiger partial charge >= 0.3 is 5.97 Å². The molecule has 1 aromatic carbocycles. The molecule has 1 aliphatic carbocycles. The predicted molar refractivity (Wildman–Crippen MR) is 68.5 cm³/mol. The second kappa shape index (κ2) is 4.96. The second-order valence-electron chi connectivity index (χ2n) is 4.58. The Morgan fingerprint density at radius 3 is 2.29 bits per heavy atom. The van der Waals surface area contributed by atoms with E-state index in [1.165, 1.54) is 0 Å². The molecule has 0 aliphatic heterocycles. The average molecular weight is 254 g/mol. The smallest absolute Gasteiger partial charge is 0.329 e. The molecule has 4 heteroatoms. The molecule has 92 valence electrons. The van der Waals surface area contributed by atoms with Gasteiger partial charge in [-0.1, -0.05) is 30.9 Å². The summed E-state index contributed by atoms with van der Waals surface area (Å²) < 4.78 is 0. The van der Waals surface area contributed by atoms with E-state index in [2.05, 4.69) is 5.32 Å². The van der Waals surface area contributed by atoms with Crippen LogP contribution in [-0.2, 0) is 4.79 Å². The summed E-state index contributed by atoms with van der Waals surface area (Å²) in [4.78, 5) is 11.5. The van der Waals surface area contributed by atoms with E-state index in [-0.39, 0.29) is 0 Å². The third kappa shape index (κ3) is 2.72. The van der Waals surface area contributed by atoms with E-state index >= 15 is 0 Å². The molecule has 2 rings (SSSR count). The summed E-state index contributed by atoms with van der Waals surface area (Å²) in [7, 11) is 0. The molecule has 0 unspecified atom stereocenters. The van der Waals surface area contributed by atoms with Crippen molar-refractivity contribution in [1.82, 2.24) is 0 Å². The van der Waals surface area contributed by atoms with Gasteiger partial charge in [0.1, 0.15) is 5.54 Å². The standard InChI is InChI=1S/C13H16ClNO2/c14-10-4-6-11(7-5-10)15-13(12(16)17)8-2-1-3-9-13/h4-7,15H,1-3,8-9H2,(H,16,17). The lowest BCUT2D eigenvalue weighted by atomic mass is 9.81. The van der Waals surface area contributed by atoms with Crippen molar-refractivity contribution >= 4 is 23.3 Å². The van der Waals surface area contributed by atoms with Crippen molar-refractivity contribution in [2.75, 3.05) is 5.32 Å². The molecule has 1 aromatic rings. The van der Waals surface area contributed by atoms with Gasteiger partial charge in [-0.05, 0) is 37.1 Å². The molecule has 0 amide bonds. The average Bonchev–Trinajstić information content (AvgIpc) is 2.33. The van der Waals surface area contributed by atoms with Gasteiger partial charge in [0.15, 0.2) is 0 Å². The lowest BCUT2D eigenvalue weighted by Gasteiger charge is -2.34. The summed E-state index contributed by atoms with van der Waals surface area (Å²) in [5, 5.41) is 13.2. The zero-order valence-electron chi connectivity index (χ0n) is 9.58. The molecule has 0 saturated heterocycles. The number of nitrogens with one attached hydrogen (secondary N) is 1. The highest BCUT2D eigenvalue weighted by molar-refractivity contribution is 6.30. The monoisotopic (exact) mass is 253 g/mol. The Morgan fingerprint density at radius 2 is 1.76 bits per heavy atom. The summed E-state index contributed by atoms with van der Waals surface area (Å²) in [5.74, 6) is -0.757. The molecule has 17 heavy (non-hydrogen) atoms. The number of hydrogen-bond donors (Lipinski definition) is 2. The fourth-order valence-electron chi connectivity index (χ4n) is 2.36. The van der Waals surface area contributed by atoms with Gasteiger partial charge < -0.3 is 10.4 Å². The molecule has 3 nitrogen and oxygen atoms in total. The van der Waals surface area contributed by atoms with E-state index in [4.69, 9.17) is 11.6 Å². The fourth-order valence-corrected chi connectivity index (χ4v) is 2.48. The minimum Gasteiger partial charge on any atom is -0.480 e. The number of rotatable bonds is 3. The molecular formula is C13H16ClNO2. The van der Waals surface area contributed by atoms with Gasteiger partial charge in [-0.3, -0.25) is 0 Å². The first-order chi connectivity index (χ1) is 8.12. The third-order valence-electron chi connectivity index (χ3n) is 3.34. The Balaban J connectivity index is 2.17. The van der Waals surface area contributed by atoms with E-state index in [0.717, 1.165) is 24.9 Å². The van der Waals surface area contributed by atoms with Crippen LogP contribution in [0.15, 0.2) is 24.3 Å². The predicted octanol–water partition coefficient (Wildman–Crippen LogP) is 3.54. The van der Waals surface area contributed by atoms with E-state index in [1.807, 2.05) is 12.1 Å². The highest BCUT2D eigenvalue weighted by Crippen LogP contribution is 2.32. The number of aliphatic carboxylic acids is 1. The van der Waals surface area contributed by atoms with Crippen LogP contribution in [0.3, 0.4) is 0 Å². The first-order valence-electron chi connectivity index (χ1n) is 5.90. The lowest BCUT2D eigenvalue weighted by Crippen LogP contribution is -2.47. The Hall–Kier alpha value is -1.22. The number of carbonyl (C=O) groups is 1. The minimum atomic E-state index is -0.800. The number of hydrogen-bond acceptors (Lipinski definition) is 2. The molecular weight excluding hydrogens is 238 g/mol. The van der Waals surface area contributed by atoms with Gasteiger partial charge in [-0.15, -0.1) is 0 Å². The quantitative estimate of drug-likeness (QED) is 0.866. The van der Waals surface area contributed by atoms with Crippen molar-refractivity contribution in [3.05, 3.63) is 29.3 Å². The van der Waals surface area contributed by atoms with Crippen molar-refractivity contribution < 1.29 is 9.90 Å². The Morgan fingerprint density at radius 1 is 1.18 bits per heavy atom. The van der Waals surface area contributed by atoms with E-state index in [1.54, 1.807) is 12.1 Å². The maximum Gasteiger partial charge on any atom is 0.329 e. The molecule has 1 aliphatic rings. The Labute approximate surface area is 106 Å². The van der Waals surface area contributed by atoms with Crippen LogP contribution >= 0.6 is 11.6 Å². The van der Waals surface area contributed by atoms with Crippen LogP contribution in [0.25, 0.3) is 0 Å². The number of benzene rings is 1. The van der Waals surface area contributed by atoms with Crippen LogP contribution in [0, 0.1) is 0 Å². The third-order valence-corrected chi connectivity index (χ3v) is 3.60. The topological polar surface area (TPSA) is 49.3 Å². The van der Waals surface area contributed by atoms with Gasteiger partial charge in [0.05, 0.1) is 0 Å². The second-order valence-corrected chi connectivity index (χ2v) is 5.02. The number of halogens is 1. The zero-order chi connectivity index (χ0) is 12.3. The van der Waals surface area contributed by atoms with Crippen molar-refractivity contribution in [2.24, 2.45) is 0 Å². The zero-order valence-corrected chi connectivity index (χ0v) is 10.3. The van der Waals surface area contributed by atoms with Gasteiger partial charge in [-0.2, -0.15) is 0 Å². The van der Waals surface area contributed by atoms with Crippen molar-refractivity contribution in [3.8, 4) is 0 Å². The van der Waals surface area contributed by atoms with Crippen molar-refractivity contribution in [2.45, 2.75) is 37.6 Å². The molecule has 0 bridgehead atoms. The van der Waals surface area contributed by atoms with E-state index in [9.17, 15) is 9.90 Å². The maximum absolute atomic E-state index is 11.5. The minimum absolute atomic E-state index is 0.656. The summed E-state index contributed by atoms with van der Waals surface area (Å²) in [5.41, 5.74) is 0.0187. The molecule has 2 N–H and O–H groups in total. The molecule has 0 radical (unpaired) electrons. The Bertz CT molecular complexity index is 396. The van der Waals surface area contributed by atoms with Crippen LogP contribution in [-0.4, -0.2) is 16.6 Å². The van der Waals surface area contributed by atoms with Gasteiger partial charge in [-0.25, -0.2) is 4.79 Å². The van der Waals surface area contributed by atoms with Gasteiger partial charge in [0.2, 0.25) is 0 Å². The van der Waals surface area contributed by atoms with Crippen molar-refractivity contribution in [1.29, 1.82) is 0 Å². The highest BCUT2D eigenvalue weighted by Gasteiger charge is 2.39. The largest absolute Gasteiger partial charge is 0.480 e. The molecule has 0 atom stereocenters. The van der Waals surface area contributed by atoms with Crippen molar-refractivity contribution in [3.63, 3.8) is 0 Å². The Kier molecular flexibility index (Phi) is 3.57. The molecule has 1 fully saturated rings. The van der Waals surface area contributed by atoms with Crippen LogP contribution in [0.5, 0.6) is 0 Å². The molecule has 1 saturated carbocycles. The van der Waals surface area contributed by atoms with Crippen LogP contribution in [0.4, 0.5) is 5.69 Å². The number of carboxylic acids is 1. The molecule has 0 spiro atoms. The maximum atomic E-state index is 11.5. The normalized spacial score (nSPS) is 18.6. The molecule has 0 aromatic heterocycles. The van der Waals surface area contributed by atoms with Crippen LogP contribution < -0.4 is 5.32 Å². The lowest BCUT2D eigenvalue weighted by molar-refractivity contribution is -0.143. The first-order valence-corrected chi connectivity index (χ1v) is 6.27. The molecule has 0 heterocycles.